The molecule has 8 rings (SSSR count). The quantitative estimate of drug-likeness (QED) is 0.0658. The highest BCUT2D eigenvalue weighted by Gasteiger charge is 2.40. The zero-order valence-electron chi connectivity index (χ0n) is 34.0. The number of amides is 4. The van der Waals surface area contributed by atoms with E-state index in [2.05, 4.69) is 25.6 Å². The maximum absolute atomic E-state index is 14.2. The lowest BCUT2D eigenvalue weighted by atomic mass is 10.0. The molecule has 4 N–H and O–H groups in total. The number of nitrogen functional groups attached to an aromatic ring is 1. The monoisotopic (exact) mass is 873 g/mol. The molecule has 0 radical (unpaired) electrons. The predicted octanol–water partition coefficient (Wildman–Crippen LogP) is 6.78. The molecule has 14 nitrogen and oxygen atoms in total. The van der Waals surface area contributed by atoms with Gasteiger partial charge in [-0.1, -0.05) is 42.1 Å². The molecule has 4 aliphatic heterocycles. The Morgan fingerprint density at radius 1 is 1.03 bits per heavy atom. The maximum Gasteiger partial charge on any atom is 0.255 e. The molecule has 0 spiro atoms. The summed E-state index contributed by atoms with van der Waals surface area (Å²) in [7, 11) is 0. The molecule has 2 atom stereocenters. The topological polar surface area (TPSA) is 168 Å². The third kappa shape index (κ3) is 9.33. The van der Waals surface area contributed by atoms with Crippen LogP contribution in [0.15, 0.2) is 55.0 Å². The van der Waals surface area contributed by atoms with Crippen LogP contribution in [0.2, 0.25) is 10.0 Å². The molecule has 61 heavy (non-hydrogen) atoms. The van der Waals surface area contributed by atoms with Gasteiger partial charge in [-0.25, -0.2) is 9.37 Å². The number of pyridine rings is 1. The summed E-state index contributed by atoms with van der Waals surface area (Å²) in [5, 5.41) is 10.8. The number of ether oxygens (including phenoxy) is 1. The minimum atomic E-state index is -0.691. The van der Waals surface area contributed by atoms with E-state index in [0.29, 0.717) is 49.4 Å². The predicted molar refractivity (Wildman–Crippen MR) is 230 cm³/mol. The fraction of sp³-hybridized carbons (Fsp3) is 0.455. The van der Waals surface area contributed by atoms with Crippen molar-refractivity contribution in [3.63, 3.8) is 0 Å². The molecule has 17 heteroatoms. The van der Waals surface area contributed by atoms with E-state index in [1.165, 1.54) is 12.1 Å². The number of hydrogen-bond acceptors (Lipinski definition) is 10. The number of likely N-dealkylation sites (tertiary alicyclic amines) is 2. The first-order chi connectivity index (χ1) is 29.4. The molecule has 2 aromatic carbocycles. The number of benzene rings is 2. The first-order valence-electron chi connectivity index (χ1n) is 21.1. The number of hydrogen-bond donors (Lipinski definition) is 3. The summed E-state index contributed by atoms with van der Waals surface area (Å²) < 4.78 is 22.2. The molecule has 3 saturated heterocycles. The Labute approximate surface area is 363 Å². The van der Waals surface area contributed by atoms with Gasteiger partial charge >= 0.3 is 0 Å². The summed E-state index contributed by atoms with van der Waals surface area (Å²) in [6.07, 6.45) is 11.5. The maximum atomic E-state index is 14.2. The molecule has 6 heterocycles. The number of nitrogens with one attached hydrogen (secondary N) is 2. The van der Waals surface area contributed by atoms with Gasteiger partial charge in [-0.3, -0.25) is 34.1 Å². The zero-order chi connectivity index (χ0) is 42.8. The first-order valence-corrected chi connectivity index (χ1v) is 21.8. The van der Waals surface area contributed by atoms with Crippen molar-refractivity contribution in [3.05, 3.63) is 87.5 Å². The standard InChI is InChI=1S/C44H50Cl2FN9O5/c1-26(40-33(45)10-11-34(47)41(40)46)61-37-19-27(20-49-42(37)48)28-21-50-56(22-28)30-14-17-54(18-15-30)39(58)9-4-2-3-5-16-53-23-29(24-53)51-35-8-6-7-31-32(35)25-55(44(31)60)36-12-13-38(57)52-43(36)59/h6-8,10-11,19-22,26,29-30,36,51H,2-5,9,12-18,23-25H2,1H3,(H2,48,49)(H,52,57,59). The van der Waals surface area contributed by atoms with Gasteiger partial charge in [-0.2, -0.15) is 5.10 Å². The van der Waals surface area contributed by atoms with E-state index >= 15 is 0 Å². The van der Waals surface area contributed by atoms with E-state index in [0.717, 1.165) is 80.5 Å². The smallest absolute Gasteiger partial charge is 0.255 e. The third-order valence-corrected chi connectivity index (χ3v) is 13.0. The number of halogens is 3. The normalized spacial score (nSPS) is 19.1. The van der Waals surface area contributed by atoms with Crippen LogP contribution in [0.5, 0.6) is 5.75 Å². The number of fused-ring (bicyclic) bond motifs is 1. The third-order valence-electron chi connectivity index (χ3n) is 12.3. The molecule has 0 aliphatic carbocycles. The fourth-order valence-electron chi connectivity index (χ4n) is 8.85. The van der Waals surface area contributed by atoms with Crippen molar-refractivity contribution in [2.45, 2.75) is 95.5 Å². The second kappa shape index (κ2) is 18.4. The molecule has 4 aromatic rings. The number of nitrogens with two attached hydrogens (primary N) is 1. The Bertz CT molecular complexity index is 2310. The van der Waals surface area contributed by atoms with Crippen molar-refractivity contribution in [1.82, 2.24) is 34.8 Å². The van der Waals surface area contributed by atoms with E-state index in [1.54, 1.807) is 36.4 Å². The Hall–Kier alpha value is -5.25. The molecule has 2 aromatic heterocycles. The minimum absolute atomic E-state index is 0.102. The molecular formula is C44H50Cl2FN9O5. The number of carbonyl (C=O) groups is 4. The van der Waals surface area contributed by atoms with Crippen LogP contribution in [0.4, 0.5) is 15.9 Å². The van der Waals surface area contributed by atoms with E-state index in [1.807, 2.05) is 27.9 Å². The van der Waals surface area contributed by atoms with E-state index < -0.39 is 23.9 Å². The van der Waals surface area contributed by atoms with Gasteiger partial charge in [0.15, 0.2) is 11.6 Å². The second-order valence-corrected chi connectivity index (χ2v) is 17.2. The summed E-state index contributed by atoms with van der Waals surface area (Å²) in [5.74, 6) is -0.748. The molecule has 0 bridgehead atoms. The van der Waals surface area contributed by atoms with Crippen LogP contribution in [-0.2, 0) is 20.9 Å². The van der Waals surface area contributed by atoms with Crippen molar-refractivity contribution in [2.75, 3.05) is 43.8 Å². The molecule has 0 saturated carbocycles. The lowest BCUT2D eigenvalue weighted by molar-refractivity contribution is -0.137. The number of carbonyl (C=O) groups excluding carboxylic acids is 4. The molecule has 4 amide bonds. The Balaban J connectivity index is 0.717. The van der Waals surface area contributed by atoms with Gasteiger partial charge in [-0.05, 0) is 75.9 Å². The van der Waals surface area contributed by atoms with Crippen LogP contribution in [0.1, 0.15) is 98.3 Å². The number of nitrogens with zero attached hydrogens (tertiary/aromatic N) is 6. The van der Waals surface area contributed by atoms with Crippen molar-refractivity contribution in [3.8, 4) is 16.9 Å². The Morgan fingerprint density at radius 3 is 2.61 bits per heavy atom. The van der Waals surface area contributed by atoms with Crippen LogP contribution < -0.4 is 21.1 Å². The van der Waals surface area contributed by atoms with Gasteiger partial charge in [-0.15, -0.1) is 0 Å². The number of unbranched alkanes of at least 4 members (excludes halogenated alkanes) is 3. The highest BCUT2D eigenvalue weighted by Crippen LogP contribution is 2.38. The highest BCUT2D eigenvalue weighted by atomic mass is 35.5. The molecular weight excluding hydrogens is 824 g/mol. The molecule has 4 aliphatic rings. The Morgan fingerprint density at radius 2 is 1.82 bits per heavy atom. The van der Waals surface area contributed by atoms with Crippen LogP contribution in [0, 0.1) is 5.82 Å². The van der Waals surface area contributed by atoms with Gasteiger partial charge in [0.05, 0.1) is 23.3 Å². The number of piperidine rings is 2. The van der Waals surface area contributed by atoms with Crippen molar-refractivity contribution >= 4 is 58.3 Å². The van der Waals surface area contributed by atoms with Gasteiger partial charge in [0.1, 0.15) is 18.0 Å². The van der Waals surface area contributed by atoms with E-state index in [4.69, 9.17) is 33.7 Å². The number of rotatable bonds is 15. The lowest BCUT2D eigenvalue weighted by Crippen LogP contribution is -2.54. The summed E-state index contributed by atoms with van der Waals surface area (Å²) in [6, 6.07) is 9.90. The van der Waals surface area contributed by atoms with Gasteiger partial charge in [0.25, 0.3) is 5.91 Å². The lowest BCUT2D eigenvalue weighted by Gasteiger charge is -2.40. The minimum Gasteiger partial charge on any atom is -0.482 e. The largest absolute Gasteiger partial charge is 0.482 e. The number of imide groups is 1. The Kier molecular flexibility index (Phi) is 12.8. The number of anilines is 2. The van der Waals surface area contributed by atoms with E-state index in [9.17, 15) is 23.6 Å². The van der Waals surface area contributed by atoms with Gasteiger partial charge < -0.3 is 25.6 Å². The van der Waals surface area contributed by atoms with Crippen LogP contribution in [-0.4, -0.2) is 97.9 Å². The number of aromatic nitrogens is 3. The zero-order valence-corrected chi connectivity index (χ0v) is 35.6. The molecule has 2 unspecified atom stereocenters. The van der Waals surface area contributed by atoms with Gasteiger partial charge in [0, 0.05) is 96.5 Å². The highest BCUT2D eigenvalue weighted by molar-refractivity contribution is 6.36. The van der Waals surface area contributed by atoms with Crippen LogP contribution in [0.25, 0.3) is 11.1 Å². The van der Waals surface area contributed by atoms with Gasteiger partial charge in [0.2, 0.25) is 17.7 Å². The second-order valence-electron chi connectivity index (χ2n) is 16.4. The van der Waals surface area contributed by atoms with Crippen LogP contribution in [0.3, 0.4) is 0 Å². The summed E-state index contributed by atoms with van der Waals surface area (Å²) in [4.78, 5) is 60.6. The summed E-state index contributed by atoms with van der Waals surface area (Å²) in [6.45, 7) is 6.29. The van der Waals surface area contributed by atoms with Crippen molar-refractivity contribution in [2.24, 2.45) is 0 Å². The van der Waals surface area contributed by atoms with Crippen LogP contribution >= 0.6 is 23.2 Å². The molecule has 322 valence electrons. The van der Waals surface area contributed by atoms with Crippen molar-refractivity contribution < 1.29 is 28.3 Å². The van der Waals surface area contributed by atoms with Crippen molar-refractivity contribution in [1.29, 1.82) is 0 Å². The average molecular weight is 875 g/mol. The fourth-order valence-corrected chi connectivity index (χ4v) is 9.52. The summed E-state index contributed by atoms with van der Waals surface area (Å²) in [5.41, 5.74) is 10.5. The first kappa shape index (κ1) is 42.4. The molecule has 3 fully saturated rings. The average Bonchev–Trinajstić information content (AvgIpc) is 3.86. The summed E-state index contributed by atoms with van der Waals surface area (Å²) >= 11 is 12.5. The SMILES string of the molecule is CC(Oc1cc(-c2cnn(C3CCN(C(=O)CCCCCCN4CC(Nc5cccc6c5CN(C5CCC(=O)NC5=O)C6=O)C4)CC3)c2)cnc1N)c1c(Cl)ccc(F)c1Cl. The van der Waals surface area contributed by atoms with E-state index in [-0.39, 0.29) is 52.1 Å².